The molecule has 6 nitrogen and oxygen atoms in total. The van der Waals surface area contributed by atoms with Crippen LogP contribution in [0.25, 0.3) is 11.8 Å². The first-order valence-corrected chi connectivity index (χ1v) is 10.7. The molecule has 2 heterocycles. The number of amides is 1. The van der Waals surface area contributed by atoms with Crippen LogP contribution in [0.3, 0.4) is 0 Å². The summed E-state index contributed by atoms with van der Waals surface area (Å²) in [6.07, 6.45) is -2.41. The maximum Gasteiger partial charge on any atom is 0.418 e. The first-order valence-electron chi connectivity index (χ1n) is 10.7. The normalized spacial score (nSPS) is 15.6. The van der Waals surface area contributed by atoms with Gasteiger partial charge in [0, 0.05) is 37.3 Å². The number of nitrogens with zero attached hydrogens (tertiary/aromatic N) is 2. The number of aryl methyl sites for hydroxylation is 1. The van der Waals surface area contributed by atoms with Crippen LogP contribution in [-0.4, -0.2) is 48.7 Å². The van der Waals surface area contributed by atoms with Crippen molar-refractivity contribution in [2.45, 2.75) is 33.4 Å². The van der Waals surface area contributed by atoms with Gasteiger partial charge in [0.1, 0.15) is 0 Å². The number of rotatable bonds is 7. The maximum atomic E-state index is 13.6. The van der Waals surface area contributed by atoms with Crippen molar-refractivity contribution in [3.63, 3.8) is 0 Å². The van der Waals surface area contributed by atoms with Crippen molar-refractivity contribution in [1.82, 2.24) is 9.47 Å². The standard InChI is InChI=1S/C25H27F3N2O4/c1-15-13-18(16(2)30(15)21-10-7-6-9-20(21)25(26,27)28)14-19-22(24(32)34-5)17(3)29(23(19)31)11-8-12-33-4/h6-7,9-10,13-14H,8,11-12H2,1-5H3/b19-14-. The minimum Gasteiger partial charge on any atom is -0.465 e. The van der Waals surface area contributed by atoms with Gasteiger partial charge in [0.2, 0.25) is 0 Å². The van der Waals surface area contributed by atoms with E-state index in [0.29, 0.717) is 42.2 Å². The molecule has 0 bridgehead atoms. The third-order valence-corrected chi connectivity index (χ3v) is 5.85. The van der Waals surface area contributed by atoms with E-state index in [1.54, 1.807) is 46.1 Å². The van der Waals surface area contributed by atoms with E-state index in [4.69, 9.17) is 9.47 Å². The summed E-state index contributed by atoms with van der Waals surface area (Å²) in [4.78, 5) is 27.2. The number of hydrogen-bond donors (Lipinski definition) is 0. The lowest BCUT2D eigenvalue weighted by Gasteiger charge is -2.17. The van der Waals surface area contributed by atoms with Gasteiger partial charge in [-0.15, -0.1) is 0 Å². The number of para-hydroxylation sites is 1. The molecule has 0 aliphatic carbocycles. The van der Waals surface area contributed by atoms with Gasteiger partial charge >= 0.3 is 12.1 Å². The monoisotopic (exact) mass is 476 g/mol. The molecule has 0 spiro atoms. The van der Waals surface area contributed by atoms with Gasteiger partial charge in [-0.05, 0) is 57.0 Å². The molecular weight excluding hydrogens is 449 g/mol. The number of ether oxygens (including phenoxy) is 2. The molecular formula is C25H27F3N2O4. The molecule has 0 N–H and O–H groups in total. The molecule has 9 heteroatoms. The highest BCUT2D eigenvalue weighted by Crippen LogP contribution is 2.37. The Bertz CT molecular complexity index is 1180. The van der Waals surface area contributed by atoms with Crippen LogP contribution >= 0.6 is 0 Å². The van der Waals surface area contributed by atoms with Crippen LogP contribution in [-0.2, 0) is 25.2 Å². The number of esters is 1. The van der Waals surface area contributed by atoms with E-state index in [0.717, 1.165) is 6.07 Å². The van der Waals surface area contributed by atoms with Crippen molar-refractivity contribution in [1.29, 1.82) is 0 Å². The number of alkyl halides is 3. The van der Waals surface area contributed by atoms with Crippen LogP contribution in [0.5, 0.6) is 0 Å². The van der Waals surface area contributed by atoms with Crippen molar-refractivity contribution in [3.05, 3.63) is 69.7 Å². The van der Waals surface area contributed by atoms with Gasteiger partial charge < -0.3 is 18.9 Å². The summed E-state index contributed by atoms with van der Waals surface area (Å²) < 4.78 is 52.4. The van der Waals surface area contributed by atoms with Gasteiger partial charge in [-0.1, -0.05) is 12.1 Å². The molecule has 0 atom stereocenters. The predicted octanol–water partition coefficient (Wildman–Crippen LogP) is 4.82. The summed E-state index contributed by atoms with van der Waals surface area (Å²) in [5, 5.41) is 0. The van der Waals surface area contributed by atoms with Gasteiger partial charge in [-0.2, -0.15) is 13.2 Å². The van der Waals surface area contributed by atoms with Crippen molar-refractivity contribution in [2.75, 3.05) is 27.4 Å². The zero-order valence-corrected chi connectivity index (χ0v) is 19.7. The van der Waals surface area contributed by atoms with Crippen molar-refractivity contribution >= 4 is 18.0 Å². The Morgan fingerprint density at radius 2 is 1.79 bits per heavy atom. The second-order valence-electron chi connectivity index (χ2n) is 7.99. The smallest absolute Gasteiger partial charge is 0.418 e. The van der Waals surface area contributed by atoms with Gasteiger partial charge in [0.15, 0.2) is 0 Å². The molecule has 0 unspecified atom stereocenters. The Hall–Kier alpha value is -3.33. The number of carbonyl (C=O) groups is 2. The Balaban J connectivity index is 2.12. The lowest BCUT2D eigenvalue weighted by molar-refractivity contribution is -0.137. The van der Waals surface area contributed by atoms with Crippen molar-refractivity contribution < 1.29 is 32.2 Å². The fourth-order valence-electron chi connectivity index (χ4n) is 4.23. The van der Waals surface area contributed by atoms with E-state index in [1.165, 1.54) is 28.7 Å². The third-order valence-electron chi connectivity index (χ3n) is 5.85. The zero-order valence-electron chi connectivity index (χ0n) is 19.7. The Morgan fingerprint density at radius 3 is 2.41 bits per heavy atom. The molecule has 1 amide bonds. The van der Waals surface area contributed by atoms with Crippen LogP contribution in [0, 0.1) is 13.8 Å². The molecule has 2 aromatic rings. The summed E-state index contributed by atoms with van der Waals surface area (Å²) in [5.74, 6) is -1.02. The average molecular weight is 476 g/mol. The highest BCUT2D eigenvalue weighted by atomic mass is 19.4. The van der Waals surface area contributed by atoms with E-state index in [-0.39, 0.29) is 22.7 Å². The number of benzene rings is 1. The fourth-order valence-corrected chi connectivity index (χ4v) is 4.23. The Morgan fingerprint density at radius 1 is 1.12 bits per heavy atom. The Labute approximate surface area is 196 Å². The summed E-state index contributed by atoms with van der Waals surface area (Å²) >= 11 is 0. The van der Waals surface area contributed by atoms with Crippen LogP contribution in [0.2, 0.25) is 0 Å². The molecule has 1 aliphatic rings. The van der Waals surface area contributed by atoms with E-state index < -0.39 is 17.7 Å². The lowest BCUT2D eigenvalue weighted by atomic mass is 10.0. The van der Waals surface area contributed by atoms with Crippen LogP contribution < -0.4 is 0 Å². The molecule has 34 heavy (non-hydrogen) atoms. The second-order valence-corrected chi connectivity index (χ2v) is 7.99. The minimum absolute atomic E-state index is 0.00601. The van der Waals surface area contributed by atoms with E-state index >= 15 is 0 Å². The SMILES string of the molecule is COCCCN1C(=O)/C(=C\c2cc(C)n(-c3ccccc3C(F)(F)F)c2C)C(C(=O)OC)=C1C. The second kappa shape index (κ2) is 9.89. The van der Waals surface area contributed by atoms with Gasteiger partial charge in [-0.3, -0.25) is 4.79 Å². The number of methoxy groups -OCH3 is 2. The van der Waals surface area contributed by atoms with Crippen molar-refractivity contribution in [3.8, 4) is 5.69 Å². The number of carbonyl (C=O) groups excluding carboxylic acids is 2. The zero-order chi connectivity index (χ0) is 25.2. The molecule has 0 saturated heterocycles. The lowest BCUT2D eigenvalue weighted by Crippen LogP contribution is -2.26. The molecule has 0 fully saturated rings. The summed E-state index contributed by atoms with van der Waals surface area (Å²) in [6.45, 7) is 5.84. The fraction of sp³-hybridized carbons (Fsp3) is 0.360. The summed E-state index contributed by atoms with van der Waals surface area (Å²) in [7, 11) is 2.80. The quantitative estimate of drug-likeness (QED) is 0.327. The number of allylic oxidation sites excluding steroid dienone is 1. The topological polar surface area (TPSA) is 60.8 Å². The first kappa shape index (κ1) is 25.3. The summed E-state index contributed by atoms with van der Waals surface area (Å²) in [5.41, 5.74) is 1.59. The minimum atomic E-state index is -4.53. The van der Waals surface area contributed by atoms with E-state index in [1.807, 2.05) is 0 Å². The van der Waals surface area contributed by atoms with Crippen molar-refractivity contribution in [2.24, 2.45) is 0 Å². The maximum absolute atomic E-state index is 13.6. The van der Waals surface area contributed by atoms with Crippen LogP contribution in [0.15, 0.2) is 47.2 Å². The molecule has 1 aromatic carbocycles. The van der Waals surface area contributed by atoms with Gasteiger partial charge in [-0.25, -0.2) is 4.79 Å². The van der Waals surface area contributed by atoms with Gasteiger partial charge in [0.05, 0.1) is 29.5 Å². The third kappa shape index (κ3) is 4.65. The molecule has 3 rings (SSSR count). The van der Waals surface area contributed by atoms with E-state index in [2.05, 4.69) is 0 Å². The summed E-state index contributed by atoms with van der Waals surface area (Å²) in [6, 6.07) is 7.02. The number of halogens is 3. The highest BCUT2D eigenvalue weighted by Gasteiger charge is 2.37. The highest BCUT2D eigenvalue weighted by molar-refractivity contribution is 6.16. The molecule has 0 saturated carbocycles. The predicted molar refractivity (Wildman–Crippen MR) is 121 cm³/mol. The first-order chi connectivity index (χ1) is 16.0. The number of hydrogen-bond acceptors (Lipinski definition) is 4. The van der Waals surface area contributed by atoms with Crippen LogP contribution in [0.1, 0.15) is 35.9 Å². The molecule has 182 valence electrons. The largest absolute Gasteiger partial charge is 0.465 e. The van der Waals surface area contributed by atoms with Crippen LogP contribution in [0.4, 0.5) is 13.2 Å². The number of aromatic nitrogens is 1. The van der Waals surface area contributed by atoms with Gasteiger partial charge in [0.25, 0.3) is 5.91 Å². The average Bonchev–Trinajstić information content (AvgIpc) is 3.19. The molecule has 1 aromatic heterocycles. The van der Waals surface area contributed by atoms with E-state index in [9.17, 15) is 22.8 Å². The molecule has 0 radical (unpaired) electrons. The molecule has 1 aliphatic heterocycles. The Kier molecular flexibility index (Phi) is 7.35.